The lowest BCUT2D eigenvalue weighted by molar-refractivity contribution is -0.385. The maximum Gasteiger partial charge on any atom is 0.340 e. The summed E-state index contributed by atoms with van der Waals surface area (Å²) in [6.45, 7) is 5.27. The van der Waals surface area contributed by atoms with Gasteiger partial charge in [-0.1, -0.05) is 12.1 Å². The number of nitro groups is 1. The molecule has 138 valence electrons. The van der Waals surface area contributed by atoms with Gasteiger partial charge in [-0.25, -0.2) is 4.79 Å². The van der Waals surface area contributed by atoms with E-state index in [1.165, 1.54) is 12.1 Å². The second-order valence-electron chi connectivity index (χ2n) is 6.11. The van der Waals surface area contributed by atoms with Crippen molar-refractivity contribution in [2.24, 2.45) is 0 Å². The number of carbonyl (C=O) groups excluding carboxylic acids is 2. The second kappa shape index (κ2) is 7.03. The van der Waals surface area contributed by atoms with E-state index < -0.39 is 16.7 Å². The zero-order valence-corrected chi connectivity index (χ0v) is 15.2. The minimum absolute atomic E-state index is 0.0123. The fourth-order valence-corrected chi connectivity index (χ4v) is 3.06. The average Bonchev–Trinajstić information content (AvgIpc) is 3.03. The molecule has 1 aromatic carbocycles. The largest absolute Gasteiger partial charge is 0.462 e. The molecule has 2 aromatic heterocycles. The van der Waals surface area contributed by atoms with Gasteiger partial charge < -0.3 is 9.14 Å². The van der Waals surface area contributed by atoms with Gasteiger partial charge in [-0.3, -0.25) is 14.9 Å². The van der Waals surface area contributed by atoms with Crippen molar-refractivity contribution in [1.29, 1.82) is 0 Å². The Morgan fingerprint density at radius 1 is 1.15 bits per heavy atom. The van der Waals surface area contributed by atoms with Crippen molar-refractivity contribution in [1.82, 2.24) is 4.40 Å². The third-order valence-corrected chi connectivity index (χ3v) is 4.53. The molecular weight excluding hydrogens is 348 g/mol. The van der Waals surface area contributed by atoms with Crippen molar-refractivity contribution in [3.8, 4) is 0 Å². The number of benzene rings is 1. The first-order valence-electron chi connectivity index (χ1n) is 8.43. The van der Waals surface area contributed by atoms with Crippen LogP contribution in [0.5, 0.6) is 0 Å². The molecule has 0 spiro atoms. The molecule has 0 unspecified atom stereocenters. The molecule has 3 rings (SSSR count). The van der Waals surface area contributed by atoms with Gasteiger partial charge in [0, 0.05) is 11.8 Å². The Hall–Kier alpha value is -3.48. The SMILES string of the molecule is CCOC(=O)c1cc(C(=O)c2ccc(C)c(C)c2[N+](=O)[O-])n2ccccc12. The van der Waals surface area contributed by atoms with Gasteiger partial charge in [0.1, 0.15) is 5.56 Å². The fraction of sp³-hybridized carbons (Fsp3) is 0.200. The van der Waals surface area contributed by atoms with Gasteiger partial charge in [0.15, 0.2) is 0 Å². The highest BCUT2D eigenvalue weighted by atomic mass is 16.6. The number of nitro benzene ring substituents is 1. The van der Waals surface area contributed by atoms with Crippen LogP contribution in [0.3, 0.4) is 0 Å². The Balaban J connectivity index is 2.23. The summed E-state index contributed by atoms with van der Waals surface area (Å²) in [6, 6.07) is 9.71. The molecule has 0 saturated carbocycles. The van der Waals surface area contributed by atoms with Crippen LogP contribution in [-0.4, -0.2) is 27.7 Å². The molecule has 0 saturated heterocycles. The van der Waals surface area contributed by atoms with E-state index in [-0.39, 0.29) is 29.1 Å². The monoisotopic (exact) mass is 366 g/mol. The van der Waals surface area contributed by atoms with Gasteiger partial charge >= 0.3 is 5.97 Å². The van der Waals surface area contributed by atoms with Crippen LogP contribution >= 0.6 is 0 Å². The number of ether oxygens (including phenoxy) is 1. The standard InChI is InChI=1S/C20H18N2O5/c1-4-27-20(24)15-11-17(21-10-6-5-7-16(15)21)19(23)14-9-8-12(2)13(3)18(14)22(25)26/h5-11H,4H2,1-3H3. The van der Waals surface area contributed by atoms with Crippen LogP contribution < -0.4 is 0 Å². The lowest BCUT2D eigenvalue weighted by Crippen LogP contribution is -2.10. The Bertz CT molecular complexity index is 1080. The van der Waals surface area contributed by atoms with Crippen molar-refractivity contribution in [3.63, 3.8) is 0 Å². The molecule has 0 bridgehead atoms. The first-order valence-corrected chi connectivity index (χ1v) is 8.43. The first-order chi connectivity index (χ1) is 12.9. The smallest absolute Gasteiger partial charge is 0.340 e. The molecule has 0 aliphatic rings. The summed E-state index contributed by atoms with van der Waals surface area (Å²) in [7, 11) is 0. The summed E-state index contributed by atoms with van der Waals surface area (Å²) >= 11 is 0. The zero-order valence-electron chi connectivity index (χ0n) is 15.2. The number of esters is 1. The molecule has 0 radical (unpaired) electrons. The number of nitrogens with zero attached hydrogens (tertiary/aromatic N) is 2. The van der Waals surface area contributed by atoms with E-state index in [9.17, 15) is 19.7 Å². The molecule has 3 aromatic rings. The minimum Gasteiger partial charge on any atom is -0.462 e. The molecular formula is C20H18N2O5. The van der Waals surface area contributed by atoms with Gasteiger partial charge in [-0.15, -0.1) is 0 Å². The third-order valence-electron chi connectivity index (χ3n) is 4.53. The molecule has 0 amide bonds. The van der Waals surface area contributed by atoms with Crippen LogP contribution in [0.2, 0.25) is 0 Å². The van der Waals surface area contributed by atoms with E-state index >= 15 is 0 Å². The normalized spacial score (nSPS) is 10.8. The van der Waals surface area contributed by atoms with Crippen molar-refractivity contribution < 1.29 is 19.2 Å². The number of pyridine rings is 1. The molecule has 7 heteroatoms. The Morgan fingerprint density at radius 2 is 1.89 bits per heavy atom. The van der Waals surface area contributed by atoms with Crippen LogP contribution in [-0.2, 0) is 4.74 Å². The van der Waals surface area contributed by atoms with Gasteiger partial charge in [0.25, 0.3) is 5.69 Å². The average molecular weight is 366 g/mol. The number of fused-ring (bicyclic) bond motifs is 1. The van der Waals surface area contributed by atoms with E-state index in [1.807, 2.05) is 0 Å². The van der Waals surface area contributed by atoms with Crippen molar-refractivity contribution in [3.05, 3.63) is 80.7 Å². The highest BCUT2D eigenvalue weighted by molar-refractivity contribution is 6.13. The lowest BCUT2D eigenvalue weighted by atomic mass is 9.99. The van der Waals surface area contributed by atoms with Gasteiger partial charge in [0.2, 0.25) is 5.78 Å². The number of ketones is 1. The third kappa shape index (κ3) is 3.08. The van der Waals surface area contributed by atoms with Crippen molar-refractivity contribution in [2.45, 2.75) is 20.8 Å². The number of hydrogen-bond acceptors (Lipinski definition) is 5. The van der Waals surface area contributed by atoms with Gasteiger partial charge in [-0.2, -0.15) is 0 Å². The number of aromatic nitrogens is 1. The molecule has 27 heavy (non-hydrogen) atoms. The van der Waals surface area contributed by atoms with Crippen LogP contribution in [0.1, 0.15) is 44.5 Å². The number of rotatable bonds is 5. The van der Waals surface area contributed by atoms with Crippen molar-refractivity contribution >= 4 is 23.0 Å². The Labute approximate surface area is 155 Å². The molecule has 0 atom stereocenters. The molecule has 0 N–H and O–H groups in total. The van der Waals surface area contributed by atoms with E-state index in [0.29, 0.717) is 11.1 Å². The molecule has 2 heterocycles. The first kappa shape index (κ1) is 18.3. The highest BCUT2D eigenvalue weighted by Crippen LogP contribution is 2.29. The van der Waals surface area contributed by atoms with E-state index in [2.05, 4.69) is 0 Å². The Morgan fingerprint density at radius 3 is 2.56 bits per heavy atom. The molecule has 0 aliphatic carbocycles. The van der Waals surface area contributed by atoms with Gasteiger partial charge in [0.05, 0.1) is 28.3 Å². The van der Waals surface area contributed by atoms with E-state index in [4.69, 9.17) is 4.74 Å². The van der Waals surface area contributed by atoms with Crippen LogP contribution in [0.25, 0.3) is 5.52 Å². The maximum atomic E-state index is 13.2. The fourth-order valence-electron chi connectivity index (χ4n) is 3.06. The quantitative estimate of drug-likeness (QED) is 0.296. The number of hydrogen-bond donors (Lipinski definition) is 0. The summed E-state index contributed by atoms with van der Waals surface area (Å²) < 4.78 is 6.61. The van der Waals surface area contributed by atoms with Crippen LogP contribution in [0, 0.1) is 24.0 Å². The summed E-state index contributed by atoms with van der Waals surface area (Å²) in [5, 5.41) is 11.6. The lowest BCUT2D eigenvalue weighted by Gasteiger charge is -2.07. The zero-order chi connectivity index (χ0) is 19.7. The molecule has 0 fully saturated rings. The summed E-state index contributed by atoms with van der Waals surface area (Å²) in [5.74, 6) is -1.07. The number of carbonyl (C=O) groups is 2. The van der Waals surface area contributed by atoms with E-state index in [0.717, 1.165) is 5.56 Å². The topological polar surface area (TPSA) is 90.9 Å². The predicted octanol–water partition coefficient (Wildman–Crippen LogP) is 3.87. The summed E-state index contributed by atoms with van der Waals surface area (Å²) in [4.78, 5) is 36.4. The Kier molecular flexibility index (Phi) is 4.77. The van der Waals surface area contributed by atoms with Crippen LogP contribution in [0.4, 0.5) is 5.69 Å². The maximum absolute atomic E-state index is 13.2. The predicted molar refractivity (Wildman–Crippen MR) is 99.4 cm³/mol. The number of aryl methyl sites for hydroxylation is 1. The van der Waals surface area contributed by atoms with Crippen LogP contribution in [0.15, 0.2) is 42.6 Å². The van der Waals surface area contributed by atoms with Gasteiger partial charge in [-0.05, 0) is 50.6 Å². The molecule has 0 aliphatic heterocycles. The highest BCUT2D eigenvalue weighted by Gasteiger charge is 2.28. The minimum atomic E-state index is -0.546. The molecule has 7 nitrogen and oxygen atoms in total. The second-order valence-corrected chi connectivity index (χ2v) is 6.11. The van der Waals surface area contributed by atoms with E-state index in [1.54, 1.807) is 55.6 Å². The summed E-state index contributed by atoms with van der Waals surface area (Å²) in [5.41, 5.74) is 1.85. The summed E-state index contributed by atoms with van der Waals surface area (Å²) in [6.07, 6.45) is 1.64. The van der Waals surface area contributed by atoms with Crippen molar-refractivity contribution in [2.75, 3.05) is 6.61 Å².